The number of carbonyl (C=O) groups excluding carboxylic acids is 1. The Morgan fingerprint density at radius 2 is 2.05 bits per heavy atom. The predicted octanol–water partition coefficient (Wildman–Crippen LogP) is 1.52. The number of rotatable bonds is 8. The van der Waals surface area contributed by atoms with E-state index in [9.17, 15) is 4.79 Å². The third-order valence-corrected chi connectivity index (χ3v) is 2.81. The summed E-state index contributed by atoms with van der Waals surface area (Å²) in [4.78, 5) is 11.6. The summed E-state index contributed by atoms with van der Waals surface area (Å²) >= 11 is 0. The van der Waals surface area contributed by atoms with E-state index in [-0.39, 0.29) is 18.3 Å². The monoisotopic (exact) mass is 302 g/mol. The van der Waals surface area contributed by atoms with Gasteiger partial charge in [0.1, 0.15) is 11.5 Å². The molecule has 0 unspecified atom stereocenters. The highest BCUT2D eigenvalue weighted by atomic mass is 35.5. The molecule has 0 radical (unpaired) electrons. The zero-order valence-corrected chi connectivity index (χ0v) is 12.8. The maximum Gasteiger partial charge on any atom is 0.220 e. The molecular formula is C14H23ClN2O3. The van der Waals surface area contributed by atoms with Crippen LogP contribution in [0, 0.1) is 0 Å². The van der Waals surface area contributed by atoms with E-state index in [1.165, 1.54) is 0 Å². The molecule has 0 aliphatic heterocycles. The molecule has 1 aromatic rings. The van der Waals surface area contributed by atoms with Gasteiger partial charge in [-0.3, -0.25) is 4.79 Å². The van der Waals surface area contributed by atoms with Crippen LogP contribution in [0.1, 0.15) is 18.4 Å². The fourth-order valence-corrected chi connectivity index (χ4v) is 1.74. The fourth-order valence-electron chi connectivity index (χ4n) is 1.74. The van der Waals surface area contributed by atoms with Gasteiger partial charge >= 0.3 is 0 Å². The molecule has 0 bridgehead atoms. The average molecular weight is 303 g/mol. The summed E-state index contributed by atoms with van der Waals surface area (Å²) in [6, 6.07) is 5.58. The first kappa shape index (κ1) is 18.5. The molecule has 0 saturated heterocycles. The Kier molecular flexibility index (Phi) is 9.59. The van der Waals surface area contributed by atoms with Crippen molar-refractivity contribution in [3.8, 4) is 11.5 Å². The standard InChI is InChI=1S/C14H22N2O3.ClH/c1-18-12-5-6-13(19-2)11(10-12)4-7-14(17)16-9-3-8-15;/h5-6,10H,3-4,7-9,15H2,1-2H3,(H,16,17);1H. The molecule has 114 valence electrons. The molecule has 1 amide bonds. The van der Waals surface area contributed by atoms with Gasteiger partial charge in [-0.25, -0.2) is 0 Å². The lowest BCUT2D eigenvalue weighted by atomic mass is 10.1. The molecule has 0 saturated carbocycles. The zero-order chi connectivity index (χ0) is 14.1. The summed E-state index contributed by atoms with van der Waals surface area (Å²) < 4.78 is 10.4. The summed E-state index contributed by atoms with van der Waals surface area (Å²) in [5.74, 6) is 1.56. The van der Waals surface area contributed by atoms with E-state index >= 15 is 0 Å². The number of nitrogens with one attached hydrogen (secondary N) is 1. The summed E-state index contributed by atoms with van der Waals surface area (Å²) in [5, 5.41) is 2.83. The number of methoxy groups -OCH3 is 2. The Labute approximate surface area is 126 Å². The normalized spacial score (nSPS) is 9.55. The predicted molar refractivity (Wildman–Crippen MR) is 81.8 cm³/mol. The van der Waals surface area contributed by atoms with Crippen LogP contribution in [-0.4, -0.2) is 33.2 Å². The van der Waals surface area contributed by atoms with Gasteiger partial charge in [0.15, 0.2) is 0 Å². The number of aryl methyl sites for hydroxylation is 1. The first-order valence-electron chi connectivity index (χ1n) is 6.39. The van der Waals surface area contributed by atoms with Crippen LogP contribution in [0.15, 0.2) is 18.2 Å². The Morgan fingerprint density at radius 3 is 2.65 bits per heavy atom. The van der Waals surface area contributed by atoms with Crippen LogP contribution in [0.5, 0.6) is 11.5 Å². The molecule has 0 atom stereocenters. The van der Waals surface area contributed by atoms with E-state index in [1.54, 1.807) is 14.2 Å². The Bertz CT molecular complexity index is 413. The van der Waals surface area contributed by atoms with Gasteiger partial charge in [-0.05, 0) is 43.1 Å². The Morgan fingerprint density at radius 1 is 1.30 bits per heavy atom. The number of hydrogen-bond acceptors (Lipinski definition) is 4. The number of hydrogen-bond donors (Lipinski definition) is 2. The smallest absolute Gasteiger partial charge is 0.220 e. The van der Waals surface area contributed by atoms with Gasteiger partial charge in [-0.2, -0.15) is 0 Å². The van der Waals surface area contributed by atoms with Gasteiger partial charge in [0.05, 0.1) is 14.2 Å². The maximum atomic E-state index is 11.6. The van der Waals surface area contributed by atoms with E-state index < -0.39 is 0 Å². The second-order valence-corrected chi connectivity index (χ2v) is 4.17. The van der Waals surface area contributed by atoms with Crippen molar-refractivity contribution in [1.29, 1.82) is 0 Å². The second-order valence-electron chi connectivity index (χ2n) is 4.17. The second kappa shape index (κ2) is 10.3. The number of halogens is 1. The highest BCUT2D eigenvalue weighted by molar-refractivity contribution is 5.85. The molecule has 0 aromatic heterocycles. The van der Waals surface area contributed by atoms with Crippen LogP contribution < -0.4 is 20.5 Å². The van der Waals surface area contributed by atoms with E-state index in [0.717, 1.165) is 23.5 Å². The number of nitrogens with two attached hydrogens (primary N) is 1. The molecular weight excluding hydrogens is 280 g/mol. The molecule has 0 spiro atoms. The van der Waals surface area contributed by atoms with Gasteiger partial charge in [0.25, 0.3) is 0 Å². The third-order valence-electron chi connectivity index (χ3n) is 2.81. The van der Waals surface area contributed by atoms with Crippen molar-refractivity contribution in [2.75, 3.05) is 27.3 Å². The van der Waals surface area contributed by atoms with Gasteiger partial charge in [0.2, 0.25) is 5.91 Å². The summed E-state index contributed by atoms with van der Waals surface area (Å²) in [7, 11) is 3.23. The molecule has 0 heterocycles. The number of ether oxygens (including phenoxy) is 2. The fraction of sp³-hybridized carbons (Fsp3) is 0.500. The minimum Gasteiger partial charge on any atom is -0.497 e. The van der Waals surface area contributed by atoms with Crippen LogP contribution in [0.25, 0.3) is 0 Å². The van der Waals surface area contributed by atoms with E-state index in [1.807, 2.05) is 18.2 Å². The lowest BCUT2D eigenvalue weighted by Crippen LogP contribution is -2.26. The van der Waals surface area contributed by atoms with Crippen molar-refractivity contribution in [3.63, 3.8) is 0 Å². The zero-order valence-electron chi connectivity index (χ0n) is 12.0. The quantitative estimate of drug-likeness (QED) is 0.714. The van der Waals surface area contributed by atoms with E-state index in [0.29, 0.717) is 25.9 Å². The van der Waals surface area contributed by atoms with Crippen molar-refractivity contribution in [2.24, 2.45) is 5.73 Å². The van der Waals surface area contributed by atoms with Gasteiger partial charge in [-0.1, -0.05) is 0 Å². The Hall–Kier alpha value is -1.46. The van der Waals surface area contributed by atoms with Crippen molar-refractivity contribution in [1.82, 2.24) is 5.32 Å². The molecule has 1 aromatic carbocycles. The van der Waals surface area contributed by atoms with Crippen molar-refractivity contribution >= 4 is 18.3 Å². The van der Waals surface area contributed by atoms with Crippen molar-refractivity contribution in [2.45, 2.75) is 19.3 Å². The minimum absolute atomic E-state index is 0. The minimum atomic E-state index is 0. The van der Waals surface area contributed by atoms with Gasteiger partial charge in [-0.15, -0.1) is 12.4 Å². The number of carbonyl (C=O) groups is 1. The molecule has 5 nitrogen and oxygen atoms in total. The molecule has 0 aliphatic rings. The number of benzene rings is 1. The van der Waals surface area contributed by atoms with Crippen LogP contribution in [-0.2, 0) is 11.2 Å². The first-order chi connectivity index (χ1) is 9.21. The van der Waals surface area contributed by atoms with Crippen LogP contribution in [0.2, 0.25) is 0 Å². The van der Waals surface area contributed by atoms with Crippen LogP contribution >= 0.6 is 12.4 Å². The summed E-state index contributed by atoms with van der Waals surface area (Å²) in [6.07, 6.45) is 1.84. The Balaban J connectivity index is 0.00000361. The topological polar surface area (TPSA) is 73.6 Å². The van der Waals surface area contributed by atoms with Gasteiger partial charge in [0, 0.05) is 13.0 Å². The highest BCUT2D eigenvalue weighted by Crippen LogP contribution is 2.24. The largest absolute Gasteiger partial charge is 0.497 e. The summed E-state index contributed by atoms with van der Waals surface area (Å²) in [5.41, 5.74) is 6.34. The summed E-state index contributed by atoms with van der Waals surface area (Å²) in [6.45, 7) is 1.22. The average Bonchev–Trinajstić information content (AvgIpc) is 2.45. The van der Waals surface area contributed by atoms with Crippen molar-refractivity contribution < 1.29 is 14.3 Å². The maximum absolute atomic E-state index is 11.6. The molecule has 3 N–H and O–H groups in total. The number of amides is 1. The molecule has 6 heteroatoms. The van der Waals surface area contributed by atoms with Gasteiger partial charge < -0.3 is 20.5 Å². The molecule has 20 heavy (non-hydrogen) atoms. The van der Waals surface area contributed by atoms with Crippen LogP contribution in [0.3, 0.4) is 0 Å². The molecule has 0 aliphatic carbocycles. The lowest BCUT2D eigenvalue weighted by molar-refractivity contribution is -0.121. The molecule has 1 rings (SSSR count). The first-order valence-corrected chi connectivity index (χ1v) is 6.39. The lowest BCUT2D eigenvalue weighted by Gasteiger charge is -2.10. The highest BCUT2D eigenvalue weighted by Gasteiger charge is 2.08. The molecule has 0 fully saturated rings. The van der Waals surface area contributed by atoms with E-state index in [4.69, 9.17) is 15.2 Å². The van der Waals surface area contributed by atoms with E-state index in [2.05, 4.69) is 5.32 Å². The van der Waals surface area contributed by atoms with Crippen LogP contribution in [0.4, 0.5) is 0 Å². The van der Waals surface area contributed by atoms with Crippen molar-refractivity contribution in [3.05, 3.63) is 23.8 Å². The third kappa shape index (κ3) is 6.12. The SMILES string of the molecule is COc1ccc(OC)c(CCC(=O)NCCCN)c1.Cl.